The van der Waals surface area contributed by atoms with E-state index in [-0.39, 0.29) is 28.2 Å². The van der Waals surface area contributed by atoms with E-state index in [4.69, 9.17) is 4.42 Å². The van der Waals surface area contributed by atoms with Crippen molar-refractivity contribution in [3.63, 3.8) is 0 Å². The fraction of sp³-hybridized carbons (Fsp3) is 0.263. The molecule has 0 saturated carbocycles. The molecule has 0 spiro atoms. The number of hydrogen-bond donors (Lipinski definition) is 1. The van der Waals surface area contributed by atoms with Crippen LogP contribution in [0.1, 0.15) is 13.8 Å². The minimum atomic E-state index is -3.61. The maximum atomic E-state index is 12.5. The lowest BCUT2D eigenvalue weighted by molar-refractivity contribution is -0.384. The molecule has 0 fully saturated rings. The van der Waals surface area contributed by atoms with E-state index in [0.29, 0.717) is 18.8 Å². The quantitative estimate of drug-likeness (QED) is 0.410. The predicted octanol–water partition coefficient (Wildman–Crippen LogP) is 2.17. The van der Waals surface area contributed by atoms with Crippen LogP contribution in [0.2, 0.25) is 0 Å². The van der Waals surface area contributed by atoms with Crippen molar-refractivity contribution in [2.24, 2.45) is 0 Å². The number of anilines is 1. The van der Waals surface area contributed by atoms with Gasteiger partial charge in [-0.15, -0.1) is 0 Å². The summed E-state index contributed by atoms with van der Waals surface area (Å²) < 4.78 is 32.4. The highest BCUT2D eigenvalue weighted by Crippen LogP contribution is 2.21. The molecule has 164 valence electrons. The Kier molecular flexibility index (Phi) is 6.22. The second-order valence-corrected chi connectivity index (χ2v) is 8.46. The Morgan fingerprint density at radius 3 is 2.39 bits per heavy atom. The lowest BCUT2D eigenvalue weighted by Crippen LogP contribution is -2.30. The number of fused-ring (bicyclic) bond motifs is 1. The molecule has 3 rings (SSSR count). The number of carbonyl (C=O) groups excluding carboxylic acids is 1. The molecule has 1 amide bonds. The third kappa shape index (κ3) is 4.49. The van der Waals surface area contributed by atoms with Gasteiger partial charge in [-0.05, 0) is 30.3 Å². The average Bonchev–Trinajstić information content (AvgIpc) is 3.03. The first-order valence-electron chi connectivity index (χ1n) is 9.35. The van der Waals surface area contributed by atoms with E-state index in [1.807, 2.05) is 0 Å². The Balaban J connectivity index is 1.76. The van der Waals surface area contributed by atoms with Gasteiger partial charge in [0.05, 0.1) is 21.4 Å². The molecule has 12 heteroatoms. The Morgan fingerprint density at radius 2 is 1.81 bits per heavy atom. The first-order valence-corrected chi connectivity index (χ1v) is 10.8. The van der Waals surface area contributed by atoms with Gasteiger partial charge in [-0.25, -0.2) is 13.2 Å². The van der Waals surface area contributed by atoms with Crippen LogP contribution >= 0.6 is 0 Å². The molecule has 1 N–H and O–H groups in total. The van der Waals surface area contributed by atoms with Gasteiger partial charge in [-0.2, -0.15) is 4.31 Å². The van der Waals surface area contributed by atoms with Crippen molar-refractivity contribution < 1.29 is 22.6 Å². The number of oxazole rings is 1. The van der Waals surface area contributed by atoms with Crippen molar-refractivity contribution in [3.8, 4) is 0 Å². The van der Waals surface area contributed by atoms with Crippen LogP contribution in [0.25, 0.3) is 11.1 Å². The fourth-order valence-corrected chi connectivity index (χ4v) is 4.54. The summed E-state index contributed by atoms with van der Waals surface area (Å²) in [5.74, 6) is -1.38. The Labute approximate surface area is 177 Å². The molecule has 11 nitrogen and oxygen atoms in total. The summed E-state index contributed by atoms with van der Waals surface area (Å²) in [4.78, 5) is 34.8. The summed E-state index contributed by atoms with van der Waals surface area (Å²) in [7, 11) is -3.61. The molecular weight excluding hydrogens is 428 g/mol. The lowest BCUT2D eigenvalue weighted by Gasteiger charge is -2.18. The third-order valence-electron chi connectivity index (χ3n) is 4.65. The van der Waals surface area contributed by atoms with E-state index in [2.05, 4.69) is 5.32 Å². The van der Waals surface area contributed by atoms with Crippen LogP contribution in [-0.2, 0) is 21.4 Å². The maximum absolute atomic E-state index is 12.5. The predicted molar refractivity (Wildman–Crippen MR) is 112 cm³/mol. The second-order valence-electron chi connectivity index (χ2n) is 6.53. The van der Waals surface area contributed by atoms with Gasteiger partial charge in [-0.3, -0.25) is 19.5 Å². The summed E-state index contributed by atoms with van der Waals surface area (Å²) in [6.45, 7) is 3.79. The number of nitro benzene ring substituents is 1. The Bertz CT molecular complexity index is 1290. The lowest BCUT2D eigenvalue weighted by atomic mass is 10.3. The van der Waals surface area contributed by atoms with Crippen molar-refractivity contribution in [1.29, 1.82) is 0 Å². The molecule has 0 radical (unpaired) electrons. The fourth-order valence-electron chi connectivity index (χ4n) is 3.09. The van der Waals surface area contributed by atoms with Crippen molar-refractivity contribution in [1.82, 2.24) is 8.87 Å². The van der Waals surface area contributed by atoms with Crippen LogP contribution in [-0.4, -0.2) is 41.2 Å². The topological polar surface area (TPSA) is 145 Å². The van der Waals surface area contributed by atoms with Crippen LogP contribution in [0.15, 0.2) is 56.6 Å². The Morgan fingerprint density at radius 1 is 1.16 bits per heavy atom. The summed E-state index contributed by atoms with van der Waals surface area (Å²) in [5.41, 5.74) is 0.349. The number of non-ortho nitro benzene ring substituents is 1. The highest BCUT2D eigenvalue weighted by molar-refractivity contribution is 7.89. The number of sulfonamides is 1. The SMILES string of the molecule is CCN(CC)S(=O)(=O)c1ccc(NC(=O)Cn2c(=O)oc3cc([N+](=O)[O-])ccc32)cc1. The minimum absolute atomic E-state index is 0.00189. The van der Waals surface area contributed by atoms with E-state index in [1.54, 1.807) is 13.8 Å². The van der Waals surface area contributed by atoms with E-state index < -0.39 is 26.6 Å². The second kappa shape index (κ2) is 8.70. The first-order chi connectivity index (χ1) is 14.7. The molecule has 0 aliphatic rings. The summed E-state index contributed by atoms with van der Waals surface area (Å²) in [6, 6.07) is 9.34. The molecular formula is C19H20N4O7S. The summed E-state index contributed by atoms with van der Waals surface area (Å²) in [6.07, 6.45) is 0. The molecule has 3 aromatic rings. The number of nitrogens with one attached hydrogen (secondary N) is 1. The molecule has 2 aromatic carbocycles. The molecule has 1 aromatic heterocycles. The van der Waals surface area contributed by atoms with Gasteiger partial charge < -0.3 is 9.73 Å². The van der Waals surface area contributed by atoms with E-state index in [1.165, 1.54) is 40.7 Å². The molecule has 1 heterocycles. The minimum Gasteiger partial charge on any atom is -0.407 e. The van der Waals surface area contributed by atoms with Gasteiger partial charge >= 0.3 is 5.76 Å². The molecule has 0 saturated heterocycles. The van der Waals surface area contributed by atoms with Crippen molar-refractivity contribution in [3.05, 3.63) is 63.1 Å². The highest BCUT2D eigenvalue weighted by Gasteiger charge is 2.21. The number of benzene rings is 2. The number of nitro groups is 1. The van der Waals surface area contributed by atoms with Crippen LogP contribution in [0, 0.1) is 10.1 Å². The maximum Gasteiger partial charge on any atom is 0.420 e. The van der Waals surface area contributed by atoms with Gasteiger partial charge in [0.25, 0.3) is 5.69 Å². The van der Waals surface area contributed by atoms with Crippen LogP contribution in [0.3, 0.4) is 0 Å². The molecule has 0 unspecified atom stereocenters. The van der Waals surface area contributed by atoms with Gasteiger partial charge in [-0.1, -0.05) is 13.8 Å². The van der Waals surface area contributed by atoms with Gasteiger partial charge in [0.2, 0.25) is 15.9 Å². The monoisotopic (exact) mass is 448 g/mol. The number of aromatic nitrogens is 1. The largest absolute Gasteiger partial charge is 0.420 e. The van der Waals surface area contributed by atoms with Crippen molar-refractivity contribution in [2.75, 3.05) is 18.4 Å². The number of rotatable bonds is 8. The number of carbonyl (C=O) groups is 1. The summed E-state index contributed by atoms with van der Waals surface area (Å²) in [5, 5.41) is 13.4. The van der Waals surface area contributed by atoms with Crippen LogP contribution in [0.4, 0.5) is 11.4 Å². The molecule has 0 aliphatic carbocycles. The smallest absolute Gasteiger partial charge is 0.407 e. The summed E-state index contributed by atoms with van der Waals surface area (Å²) >= 11 is 0. The average molecular weight is 448 g/mol. The van der Waals surface area contributed by atoms with Crippen LogP contribution in [0.5, 0.6) is 0 Å². The zero-order chi connectivity index (χ0) is 22.8. The molecule has 31 heavy (non-hydrogen) atoms. The standard InChI is InChI=1S/C19H20N4O7S/c1-3-21(4-2)31(28,29)15-8-5-13(6-9-15)20-18(24)12-22-16-10-7-14(23(26)27)11-17(16)30-19(22)25/h5-11H,3-4,12H2,1-2H3,(H,20,24). The first kappa shape index (κ1) is 22.2. The molecule has 0 aliphatic heterocycles. The Hall–Kier alpha value is -3.51. The number of hydrogen-bond acceptors (Lipinski definition) is 7. The van der Waals surface area contributed by atoms with E-state index in [9.17, 15) is 28.1 Å². The zero-order valence-electron chi connectivity index (χ0n) is 16.8. The number of nitrogens with zero attached hydrogens (tertiary/aromatic N) is 3. The van der Waals surface area contributed by atoms with E-state index >= 15 is 0 Å². The number of amides is 1. The highest BCUT2D eigenvalue weighted by atomic mass is 32.2. The normalized spacial score (nSPS) is 11.7. The van der Waals surface area contributed by atoms with E-state index in [0.717, 1.165) is 10.6 Å². The van der Waals surface area contributed by atoms with Crippen molar-refractivity contribution >= 4 is 38.4 Å². The van der Waals surface area contributed by atoms with Gasteiger partial charge in [0.1, 0.15) is 6.54 Å². The van der Waals surface area contributed by atoms with Crippen LogP contribution < -0.4 is 11.1 Å². The zero-order valence-corrected chi connectivity index (χ0v) is 17.6. The molecule has 0 bridgehead atoms. The van der Waals surface area contributed by atoms with Gasteiger partial charge in [0, 0.05) is 24.8 Å². The molecule has 0 atom stereocenters. The third-order valence-corrected chi connectivity index (χ3v) is 6.71. The van der Waals surface area contributed by atoms with Gasteiger partial charge in [0.15, 0.2) is 5.58 Å². The van der Waals surface area contributed by atoms with Crippen molar-refractivity contribution in [2.45, 2.75) is 25.3 Å².